The molecular formula is C15H19NO5. The molecule has 0 radical (unpaired) electrons. The van der Waals surface area contributed by atoms with E-state index < -0.39 is 12.0 Å². The second-order valence-electron chi connectivity index (χ2n) is 5.56. The second kappa shape index (κ2) is 5.20. The average Bonchev–Trinajstić information content (AvgIpc) is 2.95. The Morgan fingerprint density at radius 3 is 2.86 bits per heavy atom. The van der Waals surface area contributed by atoms with Gasteiger partial charge in [-0.25, -0.2) is 5.48 Å². The number of aliphatic hydroxyl groups excluding tert-OH is 1. The van der Waals surface area contributed by atoms with Crippen LogP contribution in [0, 0.1) is 12.8 Å². The molecular weight excluding hydrogens is 274 g/mol. The van der Waals surface area contributed by atoms with Gasteiger partial charge in [-0.1, -0.05) is 0 Å². The van der Waals surface area contributed by atoms with Gasteiger partial charge in [-0.2, -0.15) is 0 Å². The molecule has 6 nitrogen and oxygen atoms in total. The normalized spacial score (nSPS) is 29.5. The number of ether oxygens (including phenoxy) is 2. The molecule has 2 N–H and O–H groups in total. The van der Waals surface area contributed by atoms with E-state index in [9.17, 15) is 9.90 Å². The molecule has 21 heavy (non-hydrogen) atoms. The first-order valence-electron chi connectivity index (χ1n) is 6.93. The summed E-state index contributed by atoms with van der Waals surface area (Å²) in [6.07, 6.45) is -0.570. The van der Waals surface area contributed by atoms with Gasteiger partial charge in [0.25, 0.3) is 0 Å². The number of nitrogens with one attached hydrogen (secondary N) is 1. The summed E-state index contributed by atoms with van der Waals surface area (Å²) in [6.45, 7) is 1.96. The van der Waals surface area contributed by atoms with E-state index in [-0.39, 0.29) is 17.9 Å². The highest BCUT2D eigenvalue weighted by Gasteiger charge is 2.53. The molecule has 1 aromatic carbocycles. The van der Waals surface area contributed by atoms with Crippen LogP contribution in [-0.2, 0) is 9.63 Å². The van der Waals surface area contributed by atoms with Gasteiger partial charge in [-0.05, 0) is 31.0 Å². The molecule has 6 heteroatoms. The zero-order chi connectivity index (χ0) is 15.1. The minimum atomic E-state index is -0.817. The Bertz CT molecular complexity index is 573. The Morgan fingerprint density at radius 1 is 1.43 bits per heavy atom. The van der Waals surface area contributed by atoms with Gasteiger partial charge in [-0.15, -0.1) is 0 Å². The number of carbonyl (C=O) groups excluding carboxylic acids is 1. The third kappa shape index (κ3) is 2.15. The summed E-state index contributed by atoms with van der Waals surface area (Å²) in [4.78, 5) is 16.6. The average molecular weight is 293 g/mol. The van der Waals surface area contributed by atoms with Crippen LogP contribution >= 0.6 is 0 Å². The van der Waals surface area contributed by atoms with Crippen LogP contribution in [0.25, 0.3) is 0 Å². The maximum absolute atomic E-state index is 11.9. The van der Waals surface area contributed by atoms with E-state index in [2.05, 4.69) is 10.3 Å². The number of amides is 1. The van der Waals surface area contributed by atoms with Crippen LogP contribution in [0.15, 0.2) is 12.1 Å². The summed E-state index contributed by atoms with van der Waals surface area (Å²) in [6, 6.07) is 3.85. The Morgan fingerprint density at radius 2 is 2.19 bits per heavy atom. The van der Waals surface area contributed by atoms with Crippen LogP contribution < -0.4 is 15.0 Å². The highest BCUT2D eigenvalue weighted by Crippen LogP contribution is 2.52. The quantitative estimate of drug-likeness (QED) is 0.810. The third-order valence-corrected chi connectivity index (χ3v) is 4.29. The molecule has 2 aliphatic rings. The van der Waals surface area contributed by atoms with Crippen molar-refractivity contribution in [2.24, 2.45) is 5.92 Å². The van der Waals surface area contributed by atoms with Gasteiger partial charge >= 0.3 is 0 Å². The molecule has 2 unspecified atom stereocenters. The number of rotatable bonds is 3. The lowest BCUT2D eigenvalue weighted by molar-refractivity contribution is -0.138. The summed E-state index contributed by atoms with van der Waals surface area (Å²) in [7, 11) is 2.97. The van der Waals surface area contributed by atoms with Crippen molar-refractivity contribution in [1.82, 2.24) is 5.48 Å². The molecule has 1 saturated carbocycles. The van der Waals surface area contributed by atoms with Crippen molar-refractivity contribution in [3.8, 4) is 11.5 Å². The van der Waals surface area contributed by atoms with Gasteiger partial charge in [-0.3, -0.25) is 9.63 Å². The van der Waals surface area contributed by atoms with E-state index >= 15 is 0 Å². The number of hydrogen-bond acceptors (Lipinski definition) is 5. The first-order valence-corrected chi connectivity index (χ1v) is 6.93. The van der Waals surface area contributed by atoms with E-state index in [1.54, 1.807) is 7.11 Å². The Balaban J connectivity index is 1.94. The molecule has 1 heterocycles. The summed E-state index contributed by atoms with van der Waals surface area (Å²) < 4.78 is 11.3. The molecule has 1 aliphatic carbocycles. The van der Waals surface area contributed by atoms with Crippen molar-refractivity contribution < 1.29 is 24.2 Å². The molecule has 1 aliphatic heterocycles. The number of methoxy groups -OCH3 is 1. The van der Waals surface area contributed by atoms with Crippen LogP contribution in [0.3, 0.4) is 0 Å². The fraction of sp³-hybridized carbons (Fsp3) is 0.533. The zero-order valence-electron chi connectivity index (χ0n) is 12.3. The molecule has 0 saturated heterocycles. The van der Waals surface area contributed by atoms with Crippen molar-refractivity contribution in [2.45, 2.75) is 31.5 Å². The monoisotopic (exact) mass is 293 g/mol. The van der Waals surface area contributed by atoms with E-state index in [0.717, 1.165) is 16.9 Å². The number of hydrogen-bond donors (Lipinski definition) is 2. The molecule has 1 fully saturated rings. The summed E-state index contributed by atoms with van der Waals surface area (Å²) in [5.74, 6) is 0.328. The smallest absolute Gasteiger partial charge is 0.249 e. The lowest BCUT2D eigenvalue weighted by Crippen LogP contribution is -2.35. The topological polar surface area (TPSA) is 77.0 Å². The Kier molecular flexibility index (Phi) is 3.51. The first kappa shape index (κ1) is 14.2. The van der Waals surface area contributed by atoms with Crippen LogP contribution in [-0.4, -0.2) is 37.4 Å². The van der Waals surface area contributed by atoms with Crippen LogP contribution in [0.5, 0.6) is 11.5 Å². The molecule has 1 aromatic rings. The summed E-state index contributed by atoms with van der Waals surface area (Å²) in [5.41, 5.74) is 4.17. The number of aliphatic hydroxyl groups is 1. The molecule has 0 aromatic heterocycles. The number of aryl methyl sites for hydroxylation is 1. The Hall–Kier alpha value is -1.79. The van der Waals surface area contributed by atoms with Gasteiger partial charge < -0.3 is 14.6 Å². The van der Waals surface area contributed by atoms with E-state index in [4.69, 9.17) is 9.47 Å². The second-order valence-corrected chi connectivity index (χ2v) is 5.56. The zero-order valence-corrected chi connectivity index (χ0v) is 12.3. The van der Waals surface area contributed by atoms with Crippen molar-refractivity contribution in [1.29, 1.82) is 0 Å². The predicted molar refractivity (Wildman–Crippen MR) is 74.2 cm³/mol. The maximum atomic E-state index is 11.9. The van der Waals surface area contributed by atoms with Crippen LogP contribution in [0.2, 0.25) is 0 Å². The Labute approximate surface area is 123 Å². The van der Waals surface area contributed by atoms with Crippen molar-refractivity contribution in [3.05, 3.63) is 23.3 Å². The van der Waals surface area contributed by atoms with Crippen LogP contribution in [0.4, 0.5) is 0 Å². The number of hydroxylamine groups is 1. The SMILES string of the molecule is CONC(=O)[C@@H]1CC2Oc3cc(C)cc(OC)c3C2[C@@H]1O. The molecule has 0 bridgehead atoms. The van der Waals surface area contributed by atoms with Crippen molar-refractivity contribution in [2.75, 3.05) is 14.2 Å². The minimum absolute atomic E-state index is 0.210. The van der Waals surface area contributed by atoms with Gasteiger partial charge in [0.1, 0.15) is 17.6 Å². The molecule has 1 amide bonds. The fourth-order valence-electron chi connectivity index (χ4n) is 3.41. The minimum Gasteiger partial charge on any atom is -0.496 e. The van der Waals surface area contributed by atoms with E-state index in [1.807, 2.05) is 19.1 Å². The fourth-order valence-corrected chi connectivity index (χ4v) is 3.41. The standard InChI is InChI=1S/C15H19NO5/c1-7-4-9(19-2)12-10(5-7)21-11-6-8(14(17)13(11)12)15(18)16-20-3/h4-5,8,11,13-14,17H,6H2,1-3H3,(H,16,18)/t8-,11?,13?,14-/m1/s1. The van der Waals surface area contributed by atoms with Gasteiger partial charge in [0.05, 0.1) is 32.2 Å². The van der Waals surface area contributed by atoms with Crippen molar-refractivity contribution in [3.63, 3.8) is 0 Å². The highest BCUT2D eigenvalue weighted by molar-refractivity contribution is 5.79. The lowest BCUT2D eigenvalue weighted by atomic mass is 9.92. The predicted octanol–water partition coefficient (Wildman–Crippen LogP) is 0.907. The lowest BCUT2D eigenvalue weighted by Gasteiger charge is -2.19. The molecule has 3 rings (SSSR count). The van der Waals surface area contributed by atoms with Gasteiger partial charge in [0, 0.05) is 5.56 Å². The largest absolute Gasteiger partial charge is 0.496 e. The first-order chi connectivity index (χ1) is 10.1. The van der Waals surface area contributed by atoms with Crippen LogP contribution in [0.1, 0.15) is 23.5 Å². The molecule has 0 spiro atoms. The highest BCUT2D eigenvalue weighted by atomic mass is 16.6. The molecule has 114 valence electrons. The summed E-state index contributed by atoms with van der Waals surface area (Å²) >= 11 is 0. The van der Waals surface area contributed by atoms with Gasteiger partial charge in [0.2, 0.25) is 5.91 Å². The van der Waals surface area contributed by atoms with E-state index in [1.165, 1.54) is 7.11 Å². The van der Waals surface area contributed by atoms with Crippen molar-refractivity contribution >= 4 is 5.91 Å². The molecule has 4 atom stereocenters. The van der Waals surface area contributed by atoms with E-state index in [0.29, 0.717) is 12.2 Å². The number of carbonyl (C=O) groups is 1. The number of fused-ring (bicyclic) bond motifs is 3. The maximum Gasteiger partial charge on any atom is 0.249 e. The van der Waals surface area contributed by atoms with Gasteiger partial charge in [0.15, 0.2) is 0 Å². The third-order valence-electron chi connectivity index (χ3n) is 4.29. The number of benzene rings is 1. The summed E-state index contributed by atoms with van der Waals surface area (Å²) in [5, 5.41) is 10.5.